The number of nitrogens with two attached hydrogens (primary N) is 1. The number of nitrogens with one attached hydrogen (secondary N) is 3. The van der Waals surface area contributed by atoms with E-state index in [4.69, 9.17) is 5.73 Å². The van der Waals surface area contributed by atoms with Crippen LogP contribution in [0, 0.1) is 0 Å². The van der Waals surface area contributed by atoms with Crippen LogP contribution in [0.4, 0.5) is 23.1 Å². The predicted molar refractivity (Wildman–Crippen MR) is 115 cm³/mol. The second-order valence-electron chi connectivity index (χ2n) is 7.59. The molecule has 0 bridgehead atoms. The molecule has 0 fully saturated rings. The number of amides is 2. The minimum Gasteiger partial charge on any atom is -0.365 e. The Bertz CT molecular complexity index is 1190. The van der Waals surface area contributed by atoms with E-state index < -0.39 is 5.91 Å². The number of carbonyl (C=O) groups excluding carboxylic acids is 2. The van der Waals surface area contributed by atoms with Gasteiger partial charge in [-0.05, 0) is 43.4 Å². The highest BCUT2D eigenvalue weighted by Crippen LogP contribution is 2.29. The fourth-order valence-corrected chi connectivity index (χ4v) is 4.07. The standard InChI is InChI=1S/C21H22N8O2/c22-18(30)14-10-24-21(27-16-11-25-29-9-2-1-6-17(16)29)28-19(14)26-15-5-3-4-13-12(15)7-8-23-20(13)31/h3-5,10-11H,1-2,6-9H2,(H2,22,30)(H,23,31)(H2,24,26,27,28). The van der Waals surface area contributed by atoms with Gasteiger partial charge in [0, 0.05) is 30.5 Å². The average Bonchev–Trinajstić information content (AvgIpc) is 3.17. The van der Waals surface area contributed by atoms with E-state index in [1.54, 1.807) is 18.3 Å². The molecule has 3 aromatic rings. The van der Waals surface area contributed by atoms with Crippen molar-refractivity contribution in [1.29, 1.82) is 0 Å². The second-order valence-corrected chi connectivity index (χ2v) is 7.59. The molecule has 0 atom stereocenters. The average molecular weight is 418 g/mol. The van der Waals surface area contributed by atoms with Crippen LogP contribution in [0.5, 0.6) is 0 Å². The number of rotatable bonds is 5. The lowest BCUT2D eigenvalue weighted by Gasteiger charge is -2.21. The lowest BCUT2D eigenvalue weighted by molar-refractivity contribution is 0.0944. The molecule has 5 N–H and O–H groups in total. The first-order valence-corrected chi connectivity index (χ1v) is 10.3. The fourth-order valence-electron chi connectivity index (χ4n) is 4.07. The van der Waals surface area contributed by atoms with Crippen molar-refractivity contribution in [2.75, 3.05) is 17.2 Å². The summed E-state index contributed by atoms with van der Waals surface area (Å²) in [5.74, 6) is -0.141. The van der Waals surface area contributed by atoms with Gasteiger partial charge in [0.1, 0.15) is 11.4 Å². The molecule has 10 nitrogen and oxygen atoms in total. The molecule has 31 heavy (non-hydrogen) atoms. The molecular weight excluding hydrogens is 396 g/mol. The van der Waals surface area contributed by atoms with Gasteiger partial charge in [-0.3, -0.25) is 14.3 Å². The molecule has 1 aromatic carbocycles. The third-order valence-electron chi connectivity index (χ3n) is 5.62. The van der Waals surface area contributed by atoms with E-state index in [9.17, 15) is 9.59 Å². The second kappa shape index (κ2) is 7.71. The molecule has 2 aliphatic rings. The van der Waals surface area contributed by atoms with E-state index in [-0.39, 0.29) is 17.3 Å². The normalized spacial score (nSPS) is 14.9. The summed E-state index contributed by atoms with van der Waals surface area (Å²) in [6.07, 6.45) is 7.01. The Labute approximate surface area is 178 Å². The fraction of sp³-hybridized carbons (Fsp3) is 0.286. The maximum Gasteiger partial charge on any atom is 0.254 e. The minimum absolute atomic E-state index is 0.115. The van der Waals surface area contributed by atoms with Gasteiger partial charge in [-0.15, -0.1) is 0 Å². The molecule has 2 amide bonds. The van der Waals surface area contributed by atoms with Crippen LogP contribution in [-0.4, -0.2) is 38.1 Å². The molecule has 4 heterocycles. The van der Waals surface area contributed by atoms with Crippen LogP contribution in [-0.2, 0) is 19.4 Å². The van der Waals surface area contributed by atoms with Crippen molar-refractivity contribution >= 4 is 35.0 Å². The number of aromatic nitrogens is 4. The molecule has 2 aliphatic heterocycles. The number of hydrogen-bond acceptors (Lipinski definition) is 7. The topological polar surface area (TPSA) is 140 Å². The van der Waals surface area contributed by atoms with E-state index in [0.29, 0.717) is 30.2 Å². The van der Waals surface area contributed by atoms with E-state index >= 15 is 0 Å². The molecule has 158 valence electrons. The summed E-state index contributed by atoms with van der Waals surface area (Å²) in [4.78, 5) is 32.9. The zero-order valence-electron chi connectivity index (χ0n) is 16.8. The number of carbonyl (C=O) groups is 2. The Morgan fingerprint density at radius 1 is 1.13 bits per heavy atom. The summed E-state index contributed by atoms with van der Waals surface area (Å²) in [5.41, 5.74) is 9.88. The molecule has 2 aromatic heterocycles. The van der Waals surface area contributed by atoms with Crippen LogP contribution in [0.15, 0.2) is 30.6 Å². The van der Waals surface area contributed by atoms with Crippen molar-refractivity contribution in [1.82, 2.24) is 25.1 Å². The monoisotopic (exact) mass is 418 g/mol. The number of nitrogens with zero attached hydrogens (tertiary/aromatic N) is 4. The van der Waals surface area contributed by atoms with Gasteiger partial charge < -0.3 is 21.7 Å². The van der Waals surface area contributed by atoms with Gasteiger partial charge in [-0.25, -0.2) is 4.98 Å². The maximum absolute atomic E-state index is 12.2. The van der Waals surface area contributed by atoms with Crippen molar-refractivity contribution in [3.63, 3.8) is 0 Å². The van der Waals surface area contributed by atoms with Crippen molar-refractivity contribution in [2.45, 2.75) is 32.2 Å². The van der Waals surface area contributed by atoms with E-state index in [0.717, 1.165) is 42.8 Å². The van der Waals surface area contributed by atoms with E-state index in [2.05, 4.69) is 31.0 Å². The zero-order valence-corrected chi connectivity index (χ0v) is 16.8. The number of benzene rings is 1. The lowest BCUT2D eigenvalue weighted by Crippen LogP contribution is -2.32. The molecule has 10 heteroatoms. The molecular formula is C21H22N8O2. The summed E-state index contributed by atoms with van der Waals surface area (Å²) in [6, 6.07) is 5.42. The highest BCUT2D eigenvalue weighted by molar-refractivity contribution is 6.00. The lowest BCUT2D eigenvalue weighted by atomic mass is 9.98. The van der Waals surface area contributed by atoms with E-state index in [1.807, 2.05) is 10.7 Å². The highest BCUT2D eigenvalue weighted by Gasteiger charge is 2.21. The van der Waals surface area contributed by atoms with Gasteiger partial charge in [0.05, 0.1) is 17.6 Å². The third-order valence-corrected chi connectivity index (χ3v) is 5.62. The van der Waals surface area contributed by atoms with Gasteiger partial charge in [0.15, 0.2) is 0 Å². The molecule has 0 unspecified atom stereocenters. The zero-order chi connectivity index (χ0) is 21.4. The first kappa shape index (κ1) is 19.0. The quantitative estimate of drug-likeness (QED) is 0.496. The minimum atomic E-state index is -0.639. The molecule has 0 spiro atoms. The van der Waals surface area contributed by atoms with Gasteiger partial charge in [-0.1, -0.05) is 6.07 Å². The number of hydrogen-bond donors (Lipinski definition) is 4. The SMILES string of the molecule is NC(=O)c1cnc(Nc2cnn3c2CCCC3)nc1Nc1cccc2c1CCNC2=O. The number of aryl methyl sites for hydroxylation is 1. The van der Waals surface area contributed by atoms with Gasteiger partial charge >= 0.3 is 0 Å². The largest absolute Gasteiger partial charge is 0.365 e. The Balaban J connectivity index is 1.49. The first-order valence-electron chi connectivity index (χ1n) is 10.3. The molecule has 0 aliphatic carbocycles. The Morgan fingerprint density at radius 3 is 2.90 bits per heavy atom. The number of primary amides is 1. The van der Waals surface area contributed by atoms with Crippen molar-refractivity contribution in [2.24, 2.45) is 5.73 Å². The predicted octanol–water partition coefficient (Wildman–Crippen LogP) is 1.88. The van der Waals surface area contributed by atoms with E-state index in [1.165, 1.54) is 6.20 Å². The van der Waals surface area contributed by atoms with Crippen LogP contribution < -0.4 is 21.7 Å². The van der Waals surface area contributed by atoms with Crippen LogP contribution in [0.25, 0.3) is 0 Å². The van der Waals surface area contributed by atoms with Gasteiger partial charge in [-0.2, -0.15) is 10.1 Å². The summed E-state index contributed by atoms with van der Waals surface area (Å²) >= 11 is 0. The molecule has 0 radical (unpaired) electrons. The highest BCUT2D eigenvalue weighted by atomic mass is 16.2. The third kappa shape index (κ3) is 3.56. The number of fused-ring (bicyclic) bond motifs is 2. The molecule has 0 saturated heterocycles. The smallest absolute Gasteiger partial charge is 0.254 e. The Hall–Kier alpha value is -3.95. The van der Waals surface area contributed by atoms with Crippen LogP contribution >= 0.6 is 0 Å². The maximum atomic E-state index is 12.2. The molecule has 5 rings (SSSR count). The van der Waals surface area contributed by atoms with Crippen molar-refractivity contribution in [3.05, 3.63) is 53.0 Å². The first-order chi connectivity index (χ1) is 15.1. The van der Waals surface area contributed by atoms with Crippen LogP contribution in [0.2, 0.25) is 0 Å². The van der Waals surface area contributed by atoms with Crippen LogP contribution in [0.1, 0.15) is 44.8 Å². The summed E-state index contributed by atoms with van der Waals surface area (Å²) in [6.45, 7) is 1.45. The van der Waals surface area contributed by atoms with Gasteiger partial charge in [0.2, 0.25) is 5.95 Å². The van der Waals surface area contributed by atoms with Gasteiger partial charge in [0.25, 0.3) is 11.8 Å². The summed E-state index contributed by atoms with van der Waals surface area (Å²) in [5, 5.41) is 13.7. The summed E-state index contributed by atoms with van der Waals surface area (Å²) < 4.78 is 1.99. The summed E-state index contributed by atoms with van der Waals surface area (Å²) in [7, 11) is 0. The number of anilines is 4. The molecule has 0 saturated carbocycles. The van der Waals surface area contributed by atoms with Crippen molar-refractivity contribution in [3.8, 4) is 0 Å². The Kier molecular flexibility index (Phi) is 4.73. The van der Waals surface area contributed by atoms with Crippen LogP contribution in [0.3, 0.4) is 0 Å². The Morgan fingerprint density at radius 2 is 2.03 bits per heavy atom. The van der Waals surface area contributed by atoms with Crippen molar-refractivity contribution < 1.29 is 9.59 Å².